The molecule has 160 valence electrons. The second kappa shape index (κ2) is 8.06. The normalized spacial score (nSPS) is 19.5. The van der Waals surface area contributed by atoms with E-state index in [4.69, 9.17) is 4.74 Å². The van der Waals surface area contributed by atoms with E-state index in [1.165, 1.54) is 27.8 Å². The Kier molecular flexibility index (Phi) is 6.00. The molecule has 1 atom stereocenters. The van der Waals surface area contributed by atoms with Crippen LogP contribution in [0.5, 0.6) is 0 Å². The number of hydrogen-bond donors (Lipinski definition) is 0. The van der Waals surface area contributed by atoms with E-state index in [9.17, 15) is 4.79 Å². The molecule has 0 radical (unpaired) electrons. The van der Waals surface area contributed by atoms with Crippen LogP contribution in [0.2, 0.25) is 0 Å². The molecule has 0 bridgehead atoms. The Labute approximate surface area is 182 Å². The minimum Gasteiger partial charge on any atom is -0.462 e. The van der Waals surface area contributed by atoms with Gasteiger partial charge in [-0.05, 0) is 82.5 Å². The number of carbonyl (C=O) groups excluding carboxylic acids is 1. The summed E-state index contributed by atoms with van der Waals surface area (Å²) in [5, 5.41) is 0. The fourth-order valence-electron chi connectivity index (χ4n) is 4.89. The highest BCUT2D eigenvalue weighted by molar-refractivity contribution is 5.90. The van der Waals surface area contributed by atoms with Gasteiger partial charge >= 0.3 is 5.97 Å². The van der Waals surface area contributed by atoms with Crippen LogP contribution in [0.25, 0.3) is 11.6 Å². The molecule has 0 fully saturated rings. The second-order valence-corrected chi connectivity index (χ2v) is 9.96. The quantitative estimate of drug-likeness (QED) is 0.385. The van der Waals surface area contributed by atoms with E-state index in [0.717, 1.165) is 12.0 Å². The predicted molar refractivity (Wildman–Crippen MR) is 127 cm³/mol. The number of hydrogen-bond acceptors (Lipinski definition) is 2. The van der Waals surface area contributed by atoms with Crippen molar-refractivity contribution in [2.45, 2.75) is 72.6 Å². The number of ether oxygens (including phenoxy) is 1. The maximum absolute atomic E-state index is 12.0. The lowest BCUT2D eigenvalue weighted by Gasteiger charge is -2.32. The molecule has 2 heteroatoms. The van der Waals surface area contributed by atoms with Crippen LogP contribution in [0.4, 0.5) is 0 Å². The molecule has 2 aromatic carbocycles. The molecule has 30 heavy (non-hydrogen) atoms. The third-order valence-corrected chi connectivity index (χ3v) is 7.31. The molecule has 0 spiro atoms. The van der Waals surface area contributed by atoms with E-state index in [-0.39, 0.29) is 16.8 Å². The number of benzene rings is 2. The lowest BCUT2D eigenvalue weighted by atomic mass is 9.71. The molecule has 1 unspecified atom stereocenters. The molecule has 1 aliphatic rings. The molecule has 2 aromatic rings. The van der Waals surface area contributed by atoms with Crippen molar-refractivity contribution >= 4 is 17.6 Å². The van der Waals surface area contributed by atoms with Gasteiger partial charge in [0, 0.05) is 0 Å². The molecule has 3 rings (SSSR count). The van der Waals surface area contributed by atoms with Gasteiger partial charge in [0.2, 0.25) is 0 Å². The fourth-order valence-corrected chi connectivity index (χ4v) is 4.89. The first kappa shape index (κ1) is 22.3. The molecule has 0 heterocycles. The van der Waals surface area contributed by atoms with E-state index in [2.05, 4.69) is 66.7 Å². The van der Waals surface area contributed by atoms with Crippen LogP contribution in [0.1, 0.15) is 93.1 Å². The van der Waals surface area contributed by atoms with Crippen LogP contribution in [-0.4, -0.2) is 12.6 Å². The van der Waals surface area contributed by atoms with E-state index in [0.29, 0.717) is 18.1 Å². The number of aryl methyl sites for hydroxylation is 1. The zero-order valence-corrected chi connectivity index (χ0v) is 19.8. The van der Waals surface area contributed by atoms with Gasteiger partial charge in [0.25, 0.3) is 0 Å². The largest absolute Gasteiger partial charge is 0.462 e. The minimum absolute atomic E-state index is 0.155. The highest BCUT2D eigenvalue weighted by Gasteiger charge is 2.48. The Morgan fingerprint density at radius 2 is 1.60 bits per heavy atom. The van der Waals surface area contributed by atoms with Gasteiger partial charge < -0.3 is 4.74 Å². The molecular formula is C28H36O2. The number of carbonyl (C=O) groups is 1. The molecule has 0 saturated heterocycles. The molecule has 0 amide bonds. The van der Waals surface area contributed by atoms with Crippen LogP contribution in [-0.2, 0) is 15.6 Å². The van der Waals surface area contributed by atoms with Crippen molar-refractivity contribution < 1.29 is 9.53 Å². The third-order valence-electron chi connectivity index (χ3n) is 7.31. The van der Waals surface area contributed by atoms with Gasteiger partial charge in [-0.1, -0.05) is 71.9 Å². The summed E-state index contributed by atoms with van der Waals surface area (Å²) in [6.07, 6.45) is 3.03. The Hall–Kier alpha value is -2.35. The van der Waals surface area contributed by atoms with Crippen molar-refractivity contribution in [2.75, 3.05) is 6.61 Å². The van der Waals surface area contributed by atoms with Crippen LogP contribution < -0.4 is 0 Å². The van der Waals surface area contributed by atoms with E-state index in [1.54, 1.807) is 0 Å². The number of fused-ring (bicyclic) bond motifs is 1. The zero-order valence-electron chi connectivity index (χ0n) is 19.8. The monoisotopic (exact) mass is 404 g/mol. The van der Waals surface area contributed by atoms with Gasteiger partial charge in [-0.2, -0.15) is 0 Å². The van der Waals surface area contributed by atoms with Crippen molar-refractivity contribution in [1.29, 1.82) is 0 Å². The second-order valence-electron chi connectivity index (χ2n) is 9.96. The van der Waals surface area contributed by atoms with Crippen LogP contribution >= 0.6 is 0 Å². The topological polar surface area (TPSA) is 26.3 Å². The lowest BCUT2D eigenvalue weighted by molar-refractivity contribution is 0.0505. The van der Waals surface area contributed by atoms with Crippen molar-refractivity contribution in [3.8, 4) is 0 Å². The van der Waals surface area contributed by atoms with Gasteiger partial charge in [-0.15, -0.1) is 0 Å². The number of rotatable bonds is 5. The fraction of sp³-hybridized carbons (Fsp3) is 0.464. The standard InChI is InChI=1S/C28H36O2/c1-9-14-30-26(29)22-12-10-21(11-13-22)15-18(2)23-17-25-24(16-19(23)3)27(5,6)20(4)28(25,7)8/h10-13,15-17,20H,9,14H2,1-8H3/b18-15+. The van der Waals surface area contributed by atoms with E-state index >= 15 is 0 Å². The summed E-state index contributed by atoms with van der Waals surface area (Å²) in [5.74, 6) is 0.330. The number of allylic oxidation sites excluding steroid dienone is 1. The summed E-state index contributed by atoms with van der Waals surface area (Å²) in [7, 11) is 0. The summed E-state index contributed by atoms with van der Waals surface area (Å²) in [4.78, 5) is 12.0. The average Bonchev–Trinajstić information content (AvgIpc) is 2.83. The van der Waals surface area contributed by atoms with Gasteiger partial charge in [0.15, 0.2) is 0 Å². The van der Waals surface area contributed by atoms with E-state index < -0.39 is 0 Å². The summed E-state index contributed by atoms with van der Waals surface area (Å²) >= 11 is 0. The van der Waals surface area contributed by atoms with Gasteiger partial charge in [-0.25, -0.2) is 4.79 Å². The highest BCUT2D eigenvalue weighted by Crippen LogP contribution is 2.54. The third kappa shape index (κ3) is 3.85. The molecular weight excluding hydrogens is 368 g/mol. The van der Waals surface area contributed by atoms with Gasteiger partial charge in [0.05, 0.1) is 12.2 Å². The van der Waals surface area contributed by atoms with Crippen LogP contribution in [0, 0.1) is 12.8 Å². The summed E-state index contributed by atoms with van der Waals surface area (Å²) in [6.45, 7) is 18.7. The molecule has 0 saturated carbocycles. The van der Waals surface area contributed by atoms with Gasteiger partial charge in [-0.3, -0.25) is 0 Å². The zero-order chi connectivity index (χ0) is 22.3. The van der Waals surface area contributed by atoms with Crippen LogP contribution in [0.15, 0.2) is 36.4 Å². The number of esters is 1. The summed E-state index contributed by atoms with van der Waals surface area (Å²) < 4.78 is 5.22. The first-order chi connectivity index (χ1) is 14.0. The smallest absolute Gasteiger partial charge is 0.338 e. The molecule has 0 aliphatic heterocycles. The Morgan fingerprint density at radius 1 is 1.03 bits per heavy atom. The molecule has 1 aliphatic carbocycles. The predicted octanol–water partition coefficient (Wildman–Crippen LogP) is 7.33. The van der Waals surface area contributed by atoms with Gasteiger partial charge in [0.1, 0.15) is 0 Å². The maximum atomic E-state index is 12.0. The molecule has 0 aromatic heterocycles. The highest BCUT2D eigenvalue weighted by atomic mass is 16.5. The van der Waals surface area contributed by atoms with Crippen molar-refractivity contribution in [3.05, 3.63) is 69.8 Å². The molecule has 0 N–H and O–H groups in total. The van der Waals surface area contributed by atoms with Crippen molar-refractivity contribution in [1.82, 2.24) is 0 Å². The SMILES string of the molecule is CCCOC(=O)c1ccc(/C=C(\C)c2cc3c(cc2C)C(C)(C)C(C)C3(C)C)cc1. The maximum Gasteiger partial charge on any atom is 0.338 e. The first-order valence-electron chi connectivity index (χ1n) is 11.1. The van der Waals surface area contributed by atoms with Crippen molar-refractivity contribution in [3.63, 3.8) is 0 Å². The Balaban J connectivity index is 1.93. The summed E-state index contributed by atoms with van der Waals surface area (Å²) in [5.41, 5.74) is 8.86. The van der Waals surface area contributed by atoms with Crippen LogP contribution in [0.3, 0.4) is 0 Å². The van der Waals surface area contributed by atoms with Crippen molar-refractivity contribution in [2.24, 2.45) is 5.92 Å². The average molecular weight is 405 g/mol. The van der Waals surface area contributed by atoms with E-state index in [1.807, 2.05) is 31.2 Å². The lowest BCUT2D eigenvalue weighted by Crippen LogP contribution is -2.30. The first-order valence-corrected chi connectivity index (χ1v) is 11.1. The summed E-state index contributed by atoms with van der Waals surface area (Å²) in [6, 6.07) is 12.5. The Morgan fingerprint density at radius 3 is 2.17 bits per heavy atom. The minimum atomic E-state index is -0.252. The molecule has 2 nitrogen and oxygen atoms in total. The Bertz CT molecular complexity index is 974.